The molecule has 2 aromatic rings. The van der Waals surface area contributed by atoms with Crippen molar-refractivity contribution in [3.8, 4) is 0 Å². The van der Waals surface area contributed by atoms with E-state index in [-0.39, 0.29) is 5.56 Å². The highest BCUT2D eigenvalue weighted by Gasteiger charge is 2.20. The van der Waals surface area contributed by atoms with Crippen molar-refractivity contribution in [2.45, 2.75) is 13.5 Å². The molecule has 3 rings (SSSR count). The highest BCUT2D eigenvalue weighted by atomic mass is 16.5. The van der Waals surface area contributed by atoms with E-state index in [9.17, 15) is 4.79 Å². The fourth-order valence-electron chi connectivity index (χ4n) is 2.91. The number of benzene rings is 1. The molecule has 0 aliphatic carbocycles. The van der Waals surface area contributed by atoms with Crippen molar-refractivity contribution in [1.29, 1.82) is 0 Å². The molecule has 1 aromatic carbocycles. The van der Waals surface area contributed by atoms with Gasteiger partial charge in [-0.25, -0.2) is 4.98 Å². The smallest absolute Gasteiger partial charge is 0.262 e. The van der Waals surface area contributed by atoms with Gasteiger partial charge in [0, 0.05) is 32.8 Å². The Morgan fingerprint density at radius 2 is 1.91 bits per heavy atom. The molecule has 1 aliphatic heterocycles. The van der Waals surface area contributed by atoms with Gasteiger partial charge in [-0.1, -0.05) is 12.1 Å². The van der Waals surface area contributed by atoms with E-state index in [0.717, 1.165) is 37.6 Å². The third-order valence-electron chi connectivity index (χ3n) is 4.29. The zero-order valence-electron chi connectivity index (χ0n) is 13.9. The van der Waals surface area contributed by atoms with Gasteiger partial charge < -0.3 is 14.5 Å². The maximum absolute atomic E-state index is 12.9. The van der Waals surface area contributed by atoms with Crippen molar-refractivity contribution in [2.75, 3.05) is 51.3 Å². The van der Waals surface area contributed by atoms with Crippen molar-refractivity contribution in [2.24, 2.45) is 0 Å². The Labute approximate surface area is 136 Å². The Bertz CT molecular complexity index is 720. The maximum atomic E-state index is 12.9. The van der Waals surface area contributed by atoms with E-state index in [4.69, 9.17) is 9.72 Å². The number of hydrogen-bond donors (Lipinski definition) is 0. The van der Waals surface area contributed by atoms with Gasteiger partial charge in [0.05, 0.1) is 24.1 Å². The quantitative estimate of drug-likeness (QED) is 0.776. The number of fused-ring (bicyclic) bond motifs is 1. The Hall–Kier alpha value is -1.92. The molecule has 124 valence electrons. The summed E-state index contributed by atoms with van der Waals surface area (Å²) in [6, 6.07) is 7.56. The van der Waals surface area contributed by atoms with E-state index >= 15 is 0 Å². The summed E-state index contributed by atoms with van der Waals surface area (Å²) in [6.45, 7) is 7.40. The van der Waals surface area contributed by atoms with Gasteiger partial charge in [0.15, 0.2) is 0 Å². The molecule has 0 unspecified atom stereocenters. The number of nitrogens with zero attached hydrogens (tertiary/aromatic N) is 4. The largest absolute Gasteiger partial charge is 0.380 e. The molecule has 0 spiro atoms. The Morgan fingerprint density at radius 3 is 2.65 bits per heavy atom. The second-order valence-corrected chi connectivity index (χ2v) is 5.87. The summed E-state index contributed by atoms with van der Waals surface area (Å²) in [5, 5.41) is 0.668. The van der Waals surface area contributed by atoms with Crippen LogP contribution in [0.25, 0.3) is 10.9 Å². The second-order valence-electron chi connectivity index (χ2n) is 5.87. The van der Waals surface area contributed by atoms with Crippen LogP contribution in [0.1, 0.15) is 6.92 Å². The lowest BCUT2D eigenvalue weighted by atomic mass is 10.2. The first-order valence-electron chi connectivity index (χ1n) is 8.21. The predicted molar refractivity (Wildman–Crippen MR) is 92.2 cm³/mol. The van der Waals surface area contributed by atoms with E-state index in [1.54, 1.807) is 4.57 Å². The van der Waals surface area contributed by atoms with Crippen LogP contribution in [0.4, 0.5) is 5.95 Å². The van der Waals surface area contributed by atoms with Crippen molar-refractivity contribution < 1.29 is 4.74 Å². The topological polar surface area (TPSA) is 50.6 Å². The van der Waals surface area contributed by atoms with Gasteiger partial charge >= 0.3 is 0 Å². The maximum Gasteiger partial charge on any atom is 0.262 e. The summed E-state index contributed by atoms with van der Waals surface area (Å²) in [5.41, 5.74) is 0.781. The van der Waals surface area contributed by atoms with E-state index in [1.165, 1.54) is 0 Å². The van der Waals surface area contributed by atoms with Crippen LogP contribution < -0.4 is 10.5 Å². The molecule has 0 N–H and O–H groups in total. The monoisotopic (exact) mass is 316 g/mol. The Kier molecular flexibility index (Phi) is 4.93. The first kappa shape index (κ1) is 16.0. The molecule has 1 fully saturated rings. The average molecular weight is 316 g/mol. The average Bonchev–Trinajstić information content (AvgIpc) is 2.58. The van der Waals surface area contributed by atoms with Crippen LogP contribution in [-0.2, 0) is 11.3 Å². The molecule has 6 heteroatoms. The second kappa shape index (κ2) is 7.10. The lowest BCUT2D eigenvalue weighted by Crippen LogP contribution is -2.47. The van der Waals surface area contributed by atoms with Crippen molar-refractivity contribution in [3.63, 3.8) is 0 Å². The summed E-state index contributed by atoms with van der Waals surface area (Å²) in [4.78, 5) is 22.2. The summed E-state index contributed by atoms with van der Waals surface area (Å²) in [5.74, 6) is 0.765. The number of para-hydroxylation sites is 1. The molecule has 6 nitrogen and oxygen atoms in total. The third-order valence-corrected chi connectivity index (χ3v) is 4.29. The molecule has 0 atom stereocenters. The first-order chi connectivity index (χ1) is 11.2. The van der Waals surface area contributed by atoms with E-state index < -0.39 is 0 Å². The van der Waals surface area contributed by atoms with Crippen LogP contribution in [0, 0.1) is 0 Å². The van der Waals surface area contributed by atoms with E-state index in [0.29, 0.717) is 25.1 Å². The minimum atomic E-state index is 0.0178. The van der Waals surface area contributed by atoms with Crippen LogP contribution in [0.15, 0.2) is 29.1 Å². The molecule has 0 bridgehead atoms. The normalized spacial score (nSPS) is 16.2. The lowest BCUT2D eigenvalue weighted by Gasteiger charge is -2.34. The Balaban J connectivity index is 2.02. The van der Waals surface area contributed by atoms with Crippen molar-refractivity contribution >= 4 is 16.9 Å². The highest BCUT2D eigenvalue weighted by Crippen LogP contribution is 2.16. The zero-order valence-corrected chi connectivity index (χ0v) is 13.9. The van der Waals surface area contributed by atoms with Crippen molar-refractivity contribution in [3.05, 3.63) is 34.6 Å². The number of aromatic nitrogens is 2. The number of anilines is 1. The third kappa shape index (κ3) is 3.38. The standard InChI is InChI=1S/C17H24N4O2/c1-3-23-13-12-21-16(22)14-6-4-5-7-15(14)18-17(21)20-10-8-19(2)9-11-20/h4-7H,3,8-13H2,1-2H3. The van der Waals surface area contributed by atoms with Crippen molar-refractivity contribution in [1.82, 2.24) is 14.5 Å². The Morgan fingerprint density at radius 1 is 1.17 bits per heavy atom. The van der Waals surface area contributed by atoms with Gasteiger partial charge in [-0.05, 0) is 26.1 Å². The van der Waals surface area contributed by atoms with Gasteiger partial charge in [-0.3, -0.25) is 9.36 Å². The van der Waals surface area contributed by atoms with Gasteiger partial charge in [0.25, 0.3) is 5.56 Å². The molecule has 0 radical (unpaired) electrons. The molecule has 1 aliphatic rings. The van der Waals surface area contributed by atoms with Crippen LogP contribution in [0.3, 0.4) is 0 Å². The number of rotatable bonds is 5. The minimum Gasteiger partial charge on any atom is -0.380 e. The summed E-state index contributed by atoms with van der Waals surface area (Å²) >= 11 is 0. The first-order valence-corrected chi connectivity index (χ1v) is 8.21. The van der Waals surface area contributed by atoms with Gasteiger partial charge in [0.2, 0.25) is 5.95 Å². The summed E-state index contributed by atoms with van der Waals surface area (Å²) in [6.07, 6.45) is 0. The zero-order chi connectivity index (χ0) is 16.2. The fraction of sp³-hybridized carbons (Fsp3) is 0.529. The van der Waals surface area contributed by atoms with Crippen LogP contribution in [-0.4, -0.2) is 60.9 Å². The number of piperazine rings is 1. The molecule has 0 saturated carbocycles. The summed E-state index contributed by atoms with van der Waals surface area (Å²) < 4.78 is 7.22. The fourth-order valence-corrected chi connectivity index (χ4v) is 2.91. The number of likely N-dealkylation sites (N-methyl/N-ethyl adjacent to an activating group) is 1. The van der Waals surface area contributed by atoms with Gasteiger partial charge in [-0.2, -0.15) is 0 Å². The van der Waals surface area contributed by atoms with Crippen LogP contribution >= 0.6 is 0 Å². The minimum absolute atomic E-state index is 0.0178. The molecular weight excluding hydrogens is 292 g/mol. The van der Waals surface area contributed by atoms with Crippen LogP contribution in [0.5, 0.6) is 0 Å². The SMILES string of the molecule is CCOCCn1c(N2CCN(C)CC2)nc2ccccc2c1=O. The molecular formula is C17H24N4O2. The van der Waals surface area contributed by atoms with Gasteiger partial charge in [0.1, 0.15) is 0 Å². The van der Waals surface area contributed by atoms with Crippen LogP contribution in [0.2, 0.25) is 0 Å². The predicted octanol–water partition coefficient (Wildman–Crippen LogP) is 1.18. The molecule has 1 saturated heterocycles. The van der Waals surface area contributed by atoms with E-state index in [1.807, 2.05) is 31.2 Å². The highest BCUT2D eigenvalue weighted by molar-refractivity contribution is 5.78. The summed E-state index contributed by atoms with van der Waals surface area (Å²) in [7, 11) is 2.12. The molecule has 1 aromatic heterocycles. The van der Waals surface area contributed by atoms with E-state index in [2.05, 4.69) is 16.8 Å². The molecule has 23 heavy (non-hydrogen) atoms. The lowest BCUT2D eigenvalue weighted by molar-refractivity contribution is 0.138. The molecule has 0 amide bonds. The number of hydrogen-bond acceptors (Lipinski definition) is 5. The molecule has 2 heterocycles. The number of ether oxygens (including phenoxy) is 1. The van der Waals surface area contributed by atoms with Gasteiger partial charge in [-0.15, -0.1) is 0 Å².